The molecule has 1 N–H and O–H groups in total. The fourth-order valence-electron chi connectivity index (χ4n) is 1.11. The van der Waals surface area contributed by atoms with Crippen LogP contribution in [-0.2, 0) is 0 Å². The molecule has 2 aromatic rings. The highest BCUT2D eigenvalue weighted by Gasteiger charge is 2.13. The Morgan fingerprint density at radius 3 is 3.00 bits per heavy atom. The minimum atomic E-state index is -0.491. The number of pyridine rings is 1. The Hall–Kier alpha value is -2.37. The summed E-state index contributed by atoms with van der Waals surface area (Å²) in [6, 6.07) is 3.36. The molecule has 0 bridgehead atoms. The molecule has 0 atom stereocenters. The summed E-state index contributed by atoms with van der Waals surface area (Å²) in [5, 5.41) is 6.36. The van der Waals surface area contributed by atoms with Gasteiger partial charge in [0.15, 0.2) is 5.75 Å². The number of hydrogen-bond donors (Lipinski definition) is 1. The quantitative estimate of drug-likeness (QED) is 0.827. The summed E-state index contributed by atoms with van der Waals surface area (Å²) in [5.41, 5.74) is 0.633. The van der Waals surface area contributed by atoms with Crippen molar-refractivity contribution in [1.29, 1.82) is 0 Å². The van der Waals surface area contributed by atoms with E-state index in [4.69, 9.17) is 4.74 Å². The van der Waals surface area contributed by atoms with Gasteiger partial charge in [-0.15, -0.1) is 0 Å². The highest BCUT2D eigenvalue weighted by molar-refractivity contribution is 5.88. The fraction of sp³-hybridized carbons (Fsp3) is 0.100. The van der Waals surface area contributed by atoms with Gasteiger partial charge in [0.05, 0.1) is 18.1 Å². The summed E-state index contributed by atoms with van der Waals surface area (Å²) < 4.78 is 5.08. The highest BCUT2D eigenvalue weighted by atomic mass is 16.6. The zero-order valence-electron chi connectivity index (χ0n) is 8.62. The smallest absolute Gasteiger partial charge is 0.408 e. The first kappa shape index (κ1) is 10.2. The van der Waals surface area contributed by atoms with Crippen LogP contribution in [0.4, 0.5) is 10.5 Å². The molecule has 82 valence electrons. The summed E-state index contributed by atoms with van der Waals surface area (Å²) in [7, 11) is 1.60. The van der Waals surface area contributed by atoms with Crippen molar-refractivity contribution >= 4 is 11.8 Å². The molecule has 6 heteroatoms. The normalized spacial score (nSPS) is 9.81. The number of aromatic amines is 1. The first-order valence-corrected chi connectivity index (χ1v) is 4.62. The highest BCUT2D eigenvalue weighted by Crippen LogP contribution is 2.12. The predicted molar refractivity (Wildman–Crippen MR) is 57.3 cm³/mol. The van der Waals surface area contributed by atoms with Crippen LogP contribution in [0.15, 0.2) is 36.9 Å². The van der Waals surface area contributed by atoms with Crippen molar-refractivity contribution in [2.75, 3.05) is 11.9 Å². The fourth-order valence-corrected chi connectivity index (χ4v) is 1.11. The first-order chi connectivity index (χ1) is 7.77. The van der Waals surface area contributed by atoms with E-state index in [1.54, 1.807) is 31.6 Å². The molecule has 0 aliphatic heterocycles. The number of hydrogen-bond acceptors (Lipinski definition) is 4. The van der Waals surface area contributed by atoms with Gasteiger partial charge in [0.25, 0.3) is 0 Å². The van der Waals surface area contributed by atoms with E-state index in [0.717, 1.165) is 0 Å². The van der Waals surface area contributed by atoms with E-state index in [1.165, 1.54) is 17.3 Å². The van der Waals surface area contributed by atoms with Crippen LogP contribution in [0.5, 0.6) is 5.75 Å². The van der Waals surface area contributed by atoms with E-state index in [9.17, 15) is 4.79 Å². The van der Waals surface area contributed by atoms with Crippen molar-refractivity contribution in [2.24, 2.45) is 0 Å². The standard InChI is InChI=1S/C10H10N4O2/c1-14(8-5-12-13-6-8)10(15)16-9-3-2-4-11-7-9/h2-7H,1H3,(H,12,13). The predicted octanol–water partition coefficient (Wildman–Crippen LogP) is 1.44. The lowest BCUT2D eigenvalue weighted by Crippen LogP contribution is -2.29. The molecular weight excluding hydrogens is 208 g/mol. The minimum Gasteiger partial charge on any atom is -0.408 e. The number of carbonyl (C=O) groups excluding carboxylic acids is 1. The monoisotopic (exact) mass is 218 g/mol. The third kappa shape index (κ3) is 2.17. The molecule has 1 amide bonds. The molecule has 0 fully saturated rings. The van der Waals surface area contributed by atoms with Crippen LogP contribution < -0.4 is 9.64 Å². The lowest BCUT2D eigenvalue weighted by molar-refractivity contribution is 0.209. The zero-order chi connectivity index (χ0) is 11.4. The SMILES string of the molecule is CN(C(=O)Oc1cccnc1)c1cn[nH]c1. The van der Waals surface area contributed by atoms with Gasteiger partial charge in [-0.05, 0) is 12.1 Å². The van der Waals surface area contributed by atoms with Gasteiger partial charge < -0.3 is 4.74 Å². The van der Waals surface area contributed by atoms with Gasteiger partial charge in [0.2, 0.25) is 0 Å². The van der Waals surface area contributed by atoms with Gasteiger partial charge in [-0.1, -0.05) is 0 Å². The first-order valence-electron chi connectivity index (χ1n) is 4.62. The maximum absolute atomic E-state index is 11.6. The molecule has 2 aromatic heterocycles. The maximum atomic E-state index is 11.6. The zero-order valence-corrected chi connectivity index (χ0v) is 8.62. The van der Waals surface area contributed by atoms with Crippen molar-refractivity contribution in [2.45, 2.75) is 0 Å². The molecule has 0 aromatic carbocycles. The lowest BCUT2D eigenvalue weighted by Gasteiger charge is -2.13. The molecule has 2 rings (SSSR count). The van der Waals surface area contributed by atoms with Crippen LogP contribution >= 0.6 is 0 Å². The Labute approximate surface area is 91.9 Å². The molecule has 0 aliphatic carbocycles. The number of nitrogens with zero attached hydrogens (tertiary/aromatic N) is 3. The van der Waals surface area contributed by atoms with E-state index < -0.39 is 6.09 Å². The Morgan fingerprint density at radius 1 is 1.50 bits per heavy atom. The molecule has 0 saturated heterocycles. The van der Waals surface area contributed by atoms with Crippen LogP contribution in [0.3, 0.4) is 0 Å². The van der Waals surface area contributed by atoms with Crippen molar-refractivity contribution in [3.63, 3.8) is 0 Å². The Bertz CT molecular complexity index is 455. The van der Waals surface area contributed by atoms with E-state index >= 15 is 0 Å². The topological polar surface area (TPSA) is 71.1 Å². The van der Waals surface area contributed by atoms with Crippen molar-refractivity contribution < 1.29 is 9.53 Å². The second kappa shape index (κ2) is 4.43. The maximum Gasteiger partial charge on any atom is 0.419 e. The van der Waals surface area contributed by atoms with Gasteiger partial charge in [-0.2, -0.15) is 5.10 Å². The Balaban J connectivity index is 2.04. The van der Waals surface area contributed by atoms with E-state index in [2.05, 4.69) is 15.2 Å². The average Bonchev–Trinajstić information content (AvgIpc) is 2.83. The van der Waals surface area contributed by atoms with Crippen molar-refractivity contribution in [1.82, 2.24) is 15.2 Å². The van der Waals surface area contributed by atoms with Crippen LogP contribution in [0.25, 0.3) is 0 Å². The summed E-state index contributed by atoms with van der Waals surface area (Å²) >= 11 is 0. The summed E-state index contributed by atoms with van der Waals surface area (Å²) in [6.45, 7) is 0. The molecule has 0 saturated carbocycles. The number of anilines is 1. The van der Waals surface area contributed by atoms with Gasteiger partial charge >= 0.3 is 6.09 Å². The molecule has 16 heavy (non-hydrogen) atoms. The summed E-state index contributed by atoms with van der Waals surface area (Å²) in [4.78, 5) is 16.8. The molecule has 2 heterocycles. The van der Waals surface area contributed by atoms with Crippen LogP contribution in [0, 0.1) is 0 Å². The van der Waals surface area contributed by atoms with Gasteiger partial charge in [0, 0.05) is 19.4 Å². The van der Waals surface area contributed by atoms with Crippen LogP contribution in [0.2, 0.25) is 0 Å². The molecular formula is C10H10N4O2. The van der Waals surface area contributed by atoms with Crippen molar-refractivity contribution in [3.8, 4) is 5.75 Å². The third-order valence-electron chi connectivity index (χ3n) is 1.98. The second-order valence-electron chi connectivity index (χ2n) is 3.07. The Kier molecular flexibility index (Phi) is 2.81. The molecule has 6 nitrogen and oxygen atoms in total. The van der Waals surface area contributed by atoms with Crippen molar-refractivity contribution in [3.05, 3.63) is 36.9 Å². The van der Waals surface area contributed by atoms with Gasteiger partial charge in [-0.3, -0.25) is 15.0 Å². The lowest BCUT2D eigenvalue weighted by atomic mass is 10.5. The largest absolute Gasteiger partial charge is 0.419 e. The van der Waals surface area contributed by atoms with E-state index in [-0.39, 0.29) is 0 Å². The van der Waals surface area contributed by atoms with Crippen LogP contribution in [-0.4, -0.2) is 28.3 Å². The number of ether oxygens (including phenoxy) is 1. The van der Waals surface area contributed by atoms with E-state index in [1.807, 2.05) is 0 Å². The van der Waals surface area contributed by atoms with Gasteiger partial charge in [-0.25, -0.2) is 4.79 Å². The van der Waals surface area contributed by atoms with Gasteiger partial charge in [0.1, 0.15) is 0 Å². The number of amides is 1. The minimum absolute atomic E-state index is 0.405. The number of carbonyl (C=O) groups is 1. The number of aromatic nitrogens is 3. The second-order valence-corrected chi connectivity index (χ2v) is 3.07. The third-order valence-corrected chi connectivity index (χ3v) is 1.98. The summed E-state index contributed by atoms with van der Waals surface area (Å²) in [5.74, 6) is 0.405. The van der Waals surface area contributed by atoms with E-state index in [0.29, 0.717) is 11.4 Å². The molecule has 0 aliphatic rings. The number of rotatable bonds is 2. The molecule has 0 spiro atoms. The van der Waals surface area contributed by atoms with Crippen LogP contribution in [0.1, 0.15) is 0 Å². The molecule has 0 radical (unpaired) electrons. The number of H-pyrrole nitrogens is 1. The molecule has 0 unspecified atom stereocenters. The average molecular weight is 218 g/mol. The number of nitrogens with one attached hydrogen (secondary N) is 1. The Morgan fingerprint density at radius 2 is 2.38 bits per heavy atom. The summed E-state index contributed by atoms with van der Waals surface area (Å²) in [6.07, 6.45) is 5.72.